The van der Waals surface area contributed by atoms with Crippen LogP contribution in [0, 0.1) is 6.92 Å². The lowest BCUT2D eigenvalue weighted by molar-refractivity contribution is 0.312. The Morgan fingerprint density at radius 3 is 2.46 bits per heavy atom. The van der Waals surface area contributed by atoms with Gasteiger partial charge in [-0.05, 0) is 38.2 Å². The van der Waals surface area contributed by atoms with Crippen LogP contribution >= 0.6 is 0 Å². The summed E-state index contributed by atoms with van der Waals surface area (Å²) in [7, 11) is 2.15. The summed E-state index contributed by atoms with van der Waals surface area (Å²) in [6.45, 7) is 6.61. The first-order chi connectivity index (χ1) is 12.7. The number of amidine groups is 1. The van der Waals surface area contributed by atoms with E-state index in [4.69, 9.17) is 4.74 Å². The van der Waals surface area contributed by atoms with Crippen molar-refractivity contribution in [3.05, 3.63) is 48.2 Å². The molecule has 1 N–H and O–H groups in total. The number of benzene rings is 1. The van der Waals surface area contributed by atoms with Crippen molar-refractivity contribution >= 4 is 23.2 Å². The van der Waals surface area contributed by atoms with Crippen molar-refractivity contribution in [2.45, 2.75) is 6.92 Å². The van der Waals surface area contributed by atoms with Gasteiger partial charge in [-0.3, -0.25) is 0 Å². The first-order valence-corrected chi connectivity index (χ1v) is 8.89. The number of hydrogen-bond donors (Lipinski definition) is 1. The summed E-state index contributed by atoms with van der Waals surface area (Å²) in [5, 5.41) is 9.48. The third-order valence-corrected chi connectivity index (χ3v) is 4.70. The number of hydrogen-bond acceptors (Lipinski definition) is 7. The smallest absolute Gasteiger partial charge is 0.313 e. The van der Waals surface area contributed by atoms with Crippen LogP contribution in [0.25, 0.3) is 0 Å². The largest absolute Gasteiger partial charge is 0.440 e. The van der Waals surface area contributed by atoms with Gasteiger partial charge in [0.15, 0.2) is 6.73 Å². The van der Waals surface area contributed by atoms with Crippen LogP contribution in [0.4, 0.5) is 17.2 Å². The van der Waals surface area contributed by atoms with Crippen LogP contribution in [-0.4, -0.2) is 55.9 Å². The third kappa shape index (κ3) is 3.72. The van der Waals surface area contributed by atoms with Gasteiger partial charge in [0.05, 0.1) is 11.9 Å². The molecule has 1 fully saturated rings. The summed E-state index contributed by atoms with van der Waals surface area (Å²) in [6.07, 6.45) is 1.86. The number of aromatic nitrogens is 1. The fraction of sp³-hybridized carbons (Fsp3) is 0.368. The van der Waals surface area contributed by atoms with Crippen LogP contribution < -0.4 is 15.2 Å². The molecule has 0 aliphatic carbocycles. The van der Waals surface area contributed by atoms with Crippen molar-refractivity contribution in [3.8, 4) is 0 Å². The molecule has 1 saturated heterocycles. The average molecular weight is 352 g/mol. The maximum absolute atomic E-state index is 5.63. The van der Waals surface area contributed by atoms with Crippen molar-refractivity contribution in [1.29, 1.82) is 0 Å². The predicted molar refractivity (Wildman–Crippen MR) is 105 cm³/mol. The second kappa shape index (κ2) is 7.21. The monoisotopic (exact) mass is 352 g/mol. The molecule has 0 bridgehead atoms. The SMILES string of the molecule is Cc1ccc(NC2=NN(c3ccc(N4CCN(C)CC4)nc3)CO2)cc1. The molecule has 2 aliphatic heterocycles. The second-order valence-corrected chi connectivity index (χ2v) is 6.73. The van der Waals surface area contributed by atoms with Gasteiger partial charge in [-0.1, -0.05) is 17.7 Å². The minimum Gasteiger partial charge on any atom is -0.440 e. The summed E-state index contributed by atoms with van der Waals surface area (Å²) >= 11 is 0. The Balaban J connectivity index is 1.40. The number of rotatable bonds is 3. The summed E-state index contributed by atoms with van der Waals surface area (Å²) in [5.74, 6) is 1.02. The molecule has 0 atom stereocenters. The Labute approximate surface area is 153 Å². The van der Waals surface area contributed by atoms with Gasteiger partial charge >= 0.3 is 6.02 Å². The number of pyridine rings is 1. The molecule has 136 valence electrons. The Hall–Kier alpha value is -2.80. The lowest BCUT2D eigenvalue weighted by atomic mass is 10.2. The van der Waals surface area contributed by atoms with E-state index in [2.05, 4.69) is 57.4 Å². The number of piperazine rings is 1. The van der Waals surface area contributed by atoms with Gasteiger partial charge in [0.2, 0.25) is 0 Å². The summed E-state index contributed by atoms with van der Waals surface area (Å²) in [5.41, 5.74) is 3.10. The minimum atomic E-state index is 0.379. The van der Waals surface area contributed by atoms with E-state index < -0.39 is 0 Å². The van der Waals surface area contributed by atoms with E-state index in [1.54, 1.807) is 5.01 Å². The van der Waals surface area contributed by atoms with Crippen molar-refractivity contribution in [1.82, 2.24) is 9.88 Å². The molecule has 1 aromatic heterocycles. The molecule has 4 rings (SSSR count). The molecular formula is C19H24N6O. The molecule has 2 aromatic rings. The molecule has 26 heavy (non-hydrogen) atoms. The van der Waals surface area contributed by atoms with E-state index in [0.717, 1.165) is 43.4 Å². The van der Waals surface area contributed by atoms with Gasteiger partial charge in [0, 0.05) is 31.9 Å². The zero-order valence-electron chi connectivity index (χ0n) is 15.2. The fourth-order valence-corrected chi connectivity index (χ4v) is 3.00. The molecule has 7 heteroatoms. The quantitative estimate of drug-likeness (QED) is 0.915. The van der Waals surface area contributed by atoms with Crippen LogP contribution in [0.5, 0.6) is 0 Å². The molecule has 2 aliphatic rings. The summed E-state index contributed by atoms with van der Waals surface area (Å²) in [4.78, 5) is 9.27. The highest BCUT2D eigenvalue weighted by Crippen LogP contribution is 2.21. The van der Waals surface area contributed by atoms with E-state index in [0.29, 0.717) is 12.8 Å². The molecular weight excluding hydrogens is 328 g/mol. The number of likely N-dealkylation sites (N-methyl/N-ethyl adjacent to an activating group) is 1. The topological polar surface area (TPSA) is 56.2 Å². The number of anilines is 3. The molecule has 0 amide bonds. The van der Waals surface area contributed by atoms with Crippen LogP contribution in [0.3, 0.4) is 0 Å². The minimum absolute atomic E-state index is 0.379. The maximum Gasteiger partial charge on any atom is 0.313 e. The van der Waals surface area contributed by atoms with Gasteiger partial charge in [0.25, 0.3) is 0 Å². The predicted octanol–water partition coefficient (Wildman–Crippen LogP) is 2.32. The second-order valence-electron chi connectivity index (χ2n) is 6.73. The number of ether oxygens (including phenoxy) is 1. The Bertz CT molecular complexity index is 766. The van der Waals surface area contributed by atoms with Crippen LogP contribution in [0.2, 0.25) is 0 Å². The van der Waals surface area contributed by atoms with Crippen molar-refractivity contribution in [2.24, 2.45) is 5.10 Å². The maximum atomic E-state index is 5.63. The van der Waals surface area contributed by atoms with Gasteiger partial charge < -0.3 is 19.9 Å². The normalized spacial score (nSPS) is 17.8. The van der Waals surface area contributed by atoms with E-state index in [1.165, 1.54) is 5.56 Å². The summed E-state index contributed by atoms with van der Waals surface area (Å²) in [6, 6.07) is 12.7. The first kappa shape index (κ1) is 16.7. The van der Waals surface area contributed by atoms with Crippen molar-refractivity contribution in [2.75, 3.05) is 55.2 Å². The molecule has 3 heterocycles. The highest BCUT2D eigenvalue weighted by atomic mass is 16.5. The van der Waals surface area contributed by atoms with Gasteiger partial charge in [-0.25, -0.2) is 9.99 Å². The third-order valence-electron chi connectivity index (χ3n) is 4.70. The lowest BCUT2D eigenvalue weighted by Crippen LogP contribution is -2.44. The molecule has 7 nitrogen and oxygen atoms in total. The van der Waals surface area contributed by atoms with Gasteiger partial charge in [-0.15, -0.1) is 5.10 Å². The standard InChI is InChI=1S/C19H24N6O/c1-15-3-5-16(6-4-15)21-19-22-25(14-26-19)17-7-8-18(20-13-17)24-11-9-23(2)10-12-24/h3-8,13H,9-12,14H2,1-2H3,(H,21,22). The van der Waals surface area contributed by atoms with Crippen molar-refractivity contribution in [3.63, 3.8) is 0 Å². The van der Waals surface area contributed by atoms with E-state index in [9.17, 15) is 0 Å². The summed E-state index contributed by atoms with van der Waals surface area (Å²) < 4.78 is 5.63. The van der Waals surface area contributed by atoms with Crippen LogP contribution in [0.1, 0.15) is 5.56 Å². The van der Waals surface area contributed by atoms with E-state index >= 15 is 0 Å². The fourth-order valence-electron chi connectivity index (χ4n) is 3.00. The number of nitrogens with zero attached hydrogens (tertiary/aromatic N) is 5. The van der Waals surface area contributed by atoms with E-state index in [-0.39, 0.29) is 0 Å². The molecule has 0 saturated carbocycles. The zero-order valence-corrected chi connectivity index (χ0v) is 15.2. The number of nitrogens with one attached hydrogen (secondary N) is 1. The van der Waals surface area contributed by atoms with Gasteiger partial charge in [-0.2, -0.15) is 0 Å². The number of hydrazone groups is 1. The van der Waals surface area contributed by atoms with Crippen LogP contribution in [-0.2, 0) is 4.74 Å². The van der Waals surface area contributed by atoms with Crippen LogP contribution in [0.15, 0.2) is 47.7 Å². The average Bonchev–Trinajstić information content (AvgIpc) is 3.13. The molecule has 0 unspecified atom stereocenters. The Morgan fingerprint density at radius 2 is 1.77 bits per heavy atom. The Kier molecular flexibility index (Phi) is 4.62. The number of aryl methyl sites for hydroxylation is 1. The zero-order chi connectivity index (χ0) is 17.9. The van der Waals surface area contributed by atoms with Crippen molar-refractivity contribution < 1.29 is 4.74 Å². The van der Waals surface area contributed by atoms with Gasteiger partial charge in [0.1, 0.15) is 5.82 Å². The highest BCUT2D eigenvalue weighted by Gasteiger charge is 2.19. The molecule has 1 aromatic carbocycles. The van der Waals surface area contributed by atoms with E-state index in [1.807, 2.05) is 24.4 Å². The first-order valence-electron chi connectivity index (χ1n) is 8.89. The highest BCUT2D eigenvalue weighted by molar-refractivity contribution is 5.90. The lowest BCUT2D eigenvalue weighted by Gasteiger charge is -2.33. The molecule has 0 spiro atoms. The Morgan fingerprint density at radius 1 is 1.00 bits per heavy atom. The molecule has 0 radical (unpaired) electrons.